The van der Waals surface area contributed by atoms with Gasteiger partial charge >= 0.3 is 0 Å². The summed E-state index contributed by atoms with van der Waals surface area (Å²) >= 11 is 12.0. The Hall–Kier alpha value is -1.64. The minimum Gasteiger partial charge on any atom is -0.385 e. The normalized spacial score (nSPS) is 11.6. The van der Waals surface area contributed by atoms with Crippen LogP contribution >= 0.6 is 23.2 Å². The van der Waals surface area contributed by atoms with Crippen LogP contribution in [0.5, 0.6) is 0 Å². The third kappa shape index (κ3) is 6.46. The zero-order valence-corrected chi connectivity index (χ0v) is 17.7. The van der Waals surface area contributed by atoms with Crippen molar-refractivity contribution < 1.29 is 17.9 Å². The fourth-order valence-corrected chi connectivity index (χ4v) is 4.15. The molecule has 0 unspecified atom stereocenters. The summed E-state index contributed by atoms with van der Waals surface area (Å²) in [6.45, 7) is 0.541. The molecule has 0 fully saturated rings. The lowest BCUT2D eigenvalue weighted by Crippen LogP contribution is -2.40. The van der Waals surface area contributed by atoms with Crippen molar-refractivity contribution >= 4 is 39.1 Å². The van der Waals surface area contributed by atoms with Crippen molar-refractivity contribution in [2.45, 2.75) is 17.9 Å². The number of methoxy groups -OCH3 is 1. The Kier molecular flexibility index (Phi) is 8.72. The number of hydrogen-bond acceptors (Lipinski definition) is 4. The monoisotopic (exact) mass is 444 g/mol. The average Bonchev–Trinajstić information content (AvgIpc) is 2.66. The minimum atomic E-state index is -3.93. The molecule has 2 aromatic carbocycles. The smallest absolute Gasteiger partial charge is 0.243 e. The number of hydrogen-bond donors (Lipinski definition) is 1. The first kappa shape index (κ1) is 22.6. The van der Waals surface area contributed by atoms with Crippen molar-refractivity contribution in [3.63, 3.8) is 0 Å². The molecular formula is C19H22Cl2N2O4S. The molecule has 0 aliphatic heterocycles. The van der Waals surface area contributed by atoms with E-state index in [9.17, 15) is 13.2 Å². The lowest BCUT2D eigenvalue weighted by molar-refractivity contribution is -0.121. The average molecular weight is 445 g/mol. The molecule has 2 rings (SSSR count). The molecule has 2 aromatic rings. The second-order valence-corrected chi connectivity index (χ2v) is 8.80. The Morgan fingerprint density at radius 3 is 2.43 bits per heavy atom. The number of ether oxygens (including phenoxy) is 1. The standard InChI is InChI=1S/C19H22Cl2N2O4S/c1-27-12-4-11-22-19(24)14-23(13-15-5-2-3-6-18(15)21)28(25,26)17-9-7-16(20)8-10-17/h2-3,5-10H,4,11-14H2,1H3,(H,22,24). The van der Waals surface area contributed by atoms with Crippen LogP contribution in [-0.4, -0.2) is 45.4 Å². The van der Waals surface area contributed by atoms with E-state index in [1.165, 1.54) is 24.3 Å². The molecule has 0 aromatic heterocycles. The Morgan fingerprint density at radius 1 is 1.11 bits per heavy atom. The number of benzene rings is 2. The third-order valence-electron chi connectivity index (χ3n) is 3.92. The molecule has 28 heavy (non-hydrogen) atoms. The molecular weight excluding hydrogens is 423 g/mol. The van der Waals surface area contributed by atoms with Crippen molar-refractivity contribution in [3.8, 4) is 0 Å². The number of halogens is 2. The Balaban J connectivity index is 2.23. The van der Waals surface area contributed by atoms with E-state index in [0.29, 0.717) is 35.2 Å². The van der Waals surface area contributed by atoms with Gasteiger partial charge in [-0.05, 0) is 42.3 Å². The number of rotatable bonds is 10. The van der Waals surface area contributed by atoms with E-state index in [2.05, 4.69) is 5.32 Å². The minimum absolute atomic E-state index is 0.0316. The highest BCUT2D eigenvalue weighted by atomic mass is 35.5. The molecule has 1 N–H and O–H groups in total. The van der Waals surface area contributed by atoms with Gasteiger partial charge in [-0.3, -0.25) is 4.79 Å². The van der Waals surface area contributed by atoms with Crippen LogP contribution in [0.2, 0.25) is 10.0 Å². The molecule has 9 heteroatoms. The van der Waals surface area contributed by atoms with E-state index in [-0.39, 0.29) is 18.0 Å². The summed E-state index contributed by atoms with van der Waals surface area (Å²) in [7, 11) is -2.36. The van der Waals surface area contributed by atoms with Crippen LogP contribution in [0.15, 0.2) is 53.4 Å². The van der Waals surface area contributed by atoms with E-state index in [1.807, 2.05) is 0 Å². The van der Waals surface area contributed by atoms with Gasteiger partial charge in [0, 0.05) is 36.9 Å². The quantitative estimate of drug-likeness (QED) is 0.570. The lowest BCUT2D eigenvalue weighted by Gasteiger charge is -2.22. The lowest BCUT2D eigenvalue weighted by atomic mass is 10.2. The van der Waals surface area contributed by atoms with Crippen molar-refractivity contribution in [1.29, 1.82) is 0 Å². The molecule has 0 aliphatic rings. The maximum Gasteiger partial charge on any atom is 0.243 e. The van der Waals surface area contributed by atoms with Crippen LogP contribution in [-0.2, 0) is 26.1 Å². The van der Waals surface area contributed by atoms with Crippen molar-refractivity contribution in [3.05, 3.63) is 64.1 Å². The van der Waals surface area contributed by atoms with E-state index in [1.54, 1.807) is 31.4 Å². The van der Waals surface area contributed by atoms with Gasteiger partial charge in [0.2, 0.25) is 15.9 Å². The summed E-state index contributed by atoms with van der Waals surface area (Å²) in [5, 5.41) is 3.56. The van der Waals surface area contributed by atoms with Crippen LogP contribution in [0.3, 0.4) is 0 Å². The molecule has 0 spiro atoms. The fourth-order valence-electron chi connectivity index (χ4n) is 2.46. The van der Waals surface area contributed by atoms with Crippen LogP contribution in [0.1, 0.15) is 12.0 Å². The predicted molar refractivity (Wildman–Crippen MR) is 110 cm³/mol. The van der Waals surface area contributed by atoms with E-state index < -0.39 is 15.9 Å². The molecule has 0 heterocycles. The van der Waals surface area contributed by atoms with Gasteiger partial charge in [0.25, 0.3) is 0 Å². The summed E-state index contributed by atoms with van der Waals surface area (Å²) in [5.41, 5.74) is 0.605. The summed E-state index contributed by atoms with van der Waals surface area (Å²) in [5.74, 6) is -0.402. The second-order valence-electron chi connectivity index (χ2n) is 6.01. The Labute approximate surface area is 175 Å². The van der Waals surface area contributed by atoms with Crippen molar-refractivity contribution in [1.82, 2.24) is 9.62 Å². The summed E-state index contributed by atoms with van der Waals surface area (Å²) < 4.78 is 32.3. The molecule has 6 nitrogen and oxygen atoms in total. The summed E-state index contributed by atoms with van der Waals surface area (Å²) in [6, 6.07) is 12.7. The number of sulfonamides is 1. The molecule has 0 saturated heterocycles. The topological polar surface area (TPSA) is 75.7 Å². The molecule has 0 bridgehead atoms. The van der Waals surface area contributed by atoms with Gasteiger partial charge in [0.1, 0.15) is 0 Å². The number of amides is 1. The molecule has 1 amide bonds. The Bertz CT molecular complexity index is 889. The third-order valence-corrected chi connectivity index (χ3v) is 6.35. The van der Waals surface area contributed by atoms with Gasteiger partial charge in [0.15, 0.2) is 0 Å². The maximum absolute atomic E-state index is 13.1. The molecule has 0 aliphatic carbocycles. The number of carbonyl (C=O) groups is 1. The van der Waals surface area contributed by atoms with E-state index in [0.717, 1.165) is 4.31 Å². The number of carbonyl (C=O) groups excluding carboxylic acids is 1. The van der Waals surface area contributed by atoms with Crippen LogP contribution < -0.4 is 5.32 Å². The molecule has 0 radical (unpaired) electrons. The van der Waals surface area contributed by atoms with Gasteiger partial charge in [-0.25, -0.2) is 8.42 Å². The molecule has 0 saturated carbocycles. The van der Waals surface area contributed by atoms with Crippen LogP contribution in [0.25, 0.3) is 0 Å². The summed E-state index contributed by atoms with van der Waals surface area (Å²) in [4.78, 5) is 12.4. The highest BCUT2D eigenvalue weighted by molar-refractivity contribution is 7.89. The van der Waals surface area contributed by atoms with Gasteiger partial charge in [-0.15, -0.1) is 0 Å². The van der Waals surface area contributed by atoms with Gasteiger partial charge in [-0.1, -0.05) is 41.4 Å². The first-order valence-corrected chi connectivity index (χ1v) is 10.8. The van der Waals surface area contributed by atoms with Gasteiger partial charge in [0.05, 0.1) is 11.4 Å². The maximum atomic E-state index is 13.1. The predicted octanol–water partition coefficient (Wildman–Crippen LogP) is 3.34. The first-order valence-electron chi connectivity index (χ1n) is 8.59. The highest BCUT2D eigenvalue weighted by Crippen LogP contribution is 2.23. The second kappa shape index (κ2) is 10.8. The SMILES string of the molecule is COCCCNC(=O)CN(Cc1ccccc1Cl)S(=O)(=O)c1ccc(Cl)cc1. The van der Waals surface area contributed by atoms with Crippen molar-refractivity contribution in [2.24, 2.45) is 0 Å². The summed E-state index contributed by atoms with van der Waals surface area (Å²) in [6.07, 6.45) is 0.636. The van der Waals surface area contributed by atoms with Crippen molar-refractivity contribution in [2.75, 3.05) is 26.8 Å². The van der Waals surface area contributed by atoms with Gasteiger partial charge in [-0.2, -0.15) is 4.31 Å². The van der Waals surface area contributed by atoms with Crippen LogP contribution in [0, 0.1) is 0 Å². The molecule has 152 valence electrons. The largest absolute Gasteiger partial charge is 0.385 e. The highest BCUT2D eigenvalue weighted by Gasteiger charge is 2.27. The van der Waals surface area contributed by atoms with Crippen LogP contribution in [0.4, 0.5) is 0 Å². The Morgan fingerprint density at radius 2 is 1.79 bits per heavy atom. The number of nitrogens with zero attached hydrogens (tertiary/aromatic N) is 1. The van der Waals surface area contributed by atoms with E-state index >= 15 is 0 Å². The number of nitrogens with one attached hydrogen (secondary N) is 1. The zero-order chi connectivity index (χ0) is 20.6. The zero-order valence-electron chi connectivity index (χ0n) is 15.4. The van der Waals surface area contributed by atoms with Gasteiger partial charge < -0.3 is 10.1 Å². The first-order chi connectivity index (χ1) is 13.3. The molecule has 0 atom stereocenters. The van der Waals surface area contributed by atoms with E-state index in [4.69, 9.17) is 27.9 Å². The fraction of sp³-hybridized carbons (Fsp3) is 0.316.